The summed E-state index contributed by atoms with van der Waals surface area (Å²) in [5, 5.41) is 5.99. The topological polar surface area (TPSA) is 70.7 Å². The number of carbonyl (C=O) groups excluding carboxylic acids is 2. The first-order valence-corrected chi connectivity index (χ1v) is 8.66. The Balaban J connectivity index is 1.70. The van der Waals surface area contributed by atoms with Gasteiger partial charge in [-0.15, -0.1) is 0 Å². The average Bonchev–Trinajstić information content (AvgIpc) is 2.63. The number of ether oxygens (including phenoxy) is 1. The van der Waals surface area contributed by atoms with Crippen LogP contribution in [0.4, 0.5) is 5.69 Å². The highest BCUT2D eigenvalue weighted by Crippen LogP contribution is 2.22. The number of amides is 2. The lowest BCUT2D eigenvalue weighted by molar-refractivity contribution is -0.128. The van der Waals surface area contributed by atoms with Gasteiger partial charge in [0.05, 0.1) is 17.9 Å². The van der Waals surface area contributed by atoms with E-state index in [1.54, 1.807) is 12.1 Å². The zero-order valence-corrected chi connectivity index (χ0v) is 14.1. The Morgan fingerprint density at radius 2 is 2.00 bits per heavy atom. The molecule has 0 saturated carbocycles. The van der Waals surface area contributed by atoms with E-state index in [1.165, 1.54) is 0 Å². The summed E-state index contributed by atoms with van der Waals surface area (Å²) in [6.45, 7) is 5.53. The fraction of sp³-hybridized carbons (Fsp3) is 0.556. The second-order valence-corrected chi connectivity index (χ2v) is 6.57. The van der Waals surface area contributed by atoms with E-state index in [1.807, 2.05) is 17.0 Å². The van der Waals surface area contributed by atoms with E-state index in [0.717, 1.165) is 32.5 Å². The number of hydrogen-bond acceptors (Lipinski definition) is 4. The Morgan fingerprint density at radius 1 is 1.25 bits per heavy atom. The lowest BCUT2D eigenvalue weighted by Gasteiger charge is -2.31. The highest BCUT2D eigenvalue weighted by Gasteiger charge is 2.26. The van der Waals surface area contributed by atoms with Crippen LogP contribution in [0.1, 0.15) is 30.1 Å². The minimum absolute atomic E-state index is 0.0134. The molecule has 24 heavy (non-hydrogen) atoms. The zero-order valence-electron chi connectivity index (χ0n) is 14.1. The van der Waals surface area contributed by atoms with Crippen LogP contribution in [0.5, 0.6) is 0 Å². The van der Waals surface area contributed by atoms with Gasteiger partial charge in [-0.05, 0) is 30.9 Å². The van der Waals surface area contributed by atoms with Gasteiger partial charge in [0.15, 0.2) is 0 Å². The zero-order chi connectivity index (χ0) is 16.9. The summed E-state index contributed by atoms with van der Waals surface area (Å²) >= 11 is 0. The maximum Gasteiger partial charge on any atom is 0.255 e. The van der Waals surface area contributed by atoms with Gasteiger partial charge in [-0.2, -0.15) is 0 Å². The molecule has 2 amide bonds. The van der Waals surface area contributed by atoms with Crippen molar-refractivity contribution < 1.29 is 14.3 Å². The molecular formula is C18H25N3O3. The Kier molecular flexibility index (Phi) is 5.48. The molecule has 6 nitrogen and oxygen atoms in total. The molecule has 1 unspecified atom stereocenters. The quantitative estimate of drug-likeness (QED) is 0.880. The van der Waals surface area contributed by atoms with Crippen molar-refractivity contribution in [1.82, 2.24) is 10.2 Å². The monoisotopic (exact) mass is 331 g/mol. The van der Waals surface area contributed by atoms with Crippen molar-refractivity contribution in [3.63, 3.8) is 0 Å². The van der Waals surface area contributed by atoms with Crippen LogP contribution in [-0.4, -0.2) is 55.6 Å². The van der Waals surface area contributed by atoms with E-state index in [2.05, 4.69) is 17.6 Å². The van der Waals surface area contributed by atoms with Gasteiger partial charge in [0.25, 0.3) is 11.8 Å². The summed E-state index contributed by atoms with van der Waals surface area (Å²) < 4.78 is 5.47. The predicted octanol–water partition coefficient (Wildman–Crippen LogP) is 1.49. The van der Waals surface area contributed by atoms with E-state index in [-0.39, 0.29) is 11.8 Å². The molecule has 130 valence electrons. The highest BCUT2D eigenvalue weighted by atomic mass is 16.5. The molecular weight excluding hydrogens is 306 g/mol. The molecule has 0 bridgehead atoms. The molecule has 0 aliphatic carbocycles. The van der Waals surface area contributed by atoms with Gasteiger partial charge in [-0.25, -0.2) is 0 Å². The molecule has 0 radical (unpaired) electrons. The van der Waals surface area contributed by atoms with Gasteiger partial charge in [-0.1, -0.05) is 19.1 Å². The molecule has 0 spiro atoms. The first kappa shape index (κ1) is 16.9. The van der Waals surface area contributed by atoms with Crippen LogP contribution >= 0.6 is 0 Å². The van der Waals surface area contributed by atoms with Gasteiger partial charge >= 0.3 is 0 Å². The smallest absolute Gasteiger partial charge is 0.255 e. The normalized spacial score (nSPS) is 22.2. The number of nitrogens with zero attached hydrogens (tertiary/aromatic N) is 1. The third kappa shape index (κ3) is 3.94. The summed E-state index contributed by atoms with van der Waals surface area (Å²) in [5.74, 6) is 0.440. The number of likely N-dealkylation sites (tertiary alicyclic amines) is 1. The van der Waals surface area contributed by atoms with Crippen molar-refractivity contribution in [3.8, 4) is 0 Å². The molecule has 1 atom stereocenters. The molecule has 2 fully saturated rings. The maximum absolute atomic E-state index is 12.8. The second kappa shape index (κ2) is 7.77. The average molecular weight is 331 g/mol. The Bertz CT molecular complexity index is 591. The van der Waals surface area contributed by atoms with Crippen LogP contribution in [0.25, 0.3) is 0 Å². The van der Waals surface area contributed by atoms with Gasteiger partial charge in [-0.3, -0.25) is 9.59 Å². The van der Waals surface area contributed by atoms with Crippen molar-refractivity contribution in [1.29, 1.82) is 0 Å². The van der Waals surface area contributed by atoms with Crippen LogP contribution in [0, 0.1) is 5.92 Å². The molecule has 2 saturated heterocycles. The molecule has 2 heterocycles. The van der Waals surface area contributed by atoms with E-state index in [9.17, 15) is 9.59 Å². The second-order valence-electron chi connectivity index (χ2n) is 6.57. The third-order valence-corrected chi connectivity index (χ3v) is 4.71. The number of piperidine rings is 1. The van der Waals surface area contributed by atoms with Gasteiger partial charge in [0, 0.05) is 26.2 Å². The van der Waals surface area contributed by atoms with Crippen LogP contribution < -0.4 is 10.6 Å². The molecule has 6 heteroatoms. The number of para-hydroxylation sites is 1. The Hall–Kier alpha value is -1.92. The van der Waals surface area contributed by atoms with E-state index in [4.69, 9.17) is 4.74 Å². The van der Waals surface area contributed by atoms with Crippen LogP contribution in [-0.2, 0) is 9.53 Å². The molecule has 3 rings (SSSR count). The molecule has 2 aliphatic heterocycles. The Labute approximate surface area is 142 Å². The molecule has 1 aromatic rings. The summed E-state index contributed by atoms with van der Waals surface area (Å²) in [7, 11) is 0. The van der Waals surface area contributed by atoms with Crippen molar-refractivity contribution in [3.05, 3.63) is 29.8 Å². The number of carbonyl (C=O) groups is 2. The molecule has 2 N–H and O–H groups in total. The summed E-state index contributed by atoms with van der Waals surface area (Å²) in [4.78, 5) is 27.1. The maximum atomic E-state index is 12.8. The fourth-order valence-corrected chi connectivity index (χ4v) is 3.11. The first-order valence-electron chi connectivity index (χ1n) is 8.66. The lowest BCUT2D eigenvalue weighted by atomic mass is 9.98. The third-order valence-electron chi connectivity index (χ3n) is 4.71. The SMILES string of the molecule is CC1CCN(C(=O)c2ccccc2NC(=O)C2CNCCO2)CC1. The van der Waals surface area contributed by atoms with E-state index < -0.39 is 6.10 Å². The van der Waals surface area contributed by atoms with Crippen molar-refractivity contribution >= 4 is 17.5 Å². The standard InChI is InChI=1S/C18H25N3O3/c1-13-6-9-21(10-7-13)18(23)14-4-2-3-5-15(14)20-17(22)16-12-19-8-11-24-16/h2-5,13,16,19H,6-12H2,1H3,(H,20,22). The van der Waals surface area contributed by atoms with Gasteiger partial charge in [0.2, 0.25) is 0 Å². The number of nitrogens with one attached hydrogen (secondary N) is 2. The number of benzene rings is 1. The number of anilines is 1. The summed E-state index contributed by atoms with van der Waals surface area (Å²) in [6, 6.07) is 7.20. The Morgan fingerprint density at radius 3 is 2.71 bits per heavy atom. The first-order chi connectivity index (χ1) is 11.6. The fourth-order valence-electron chi connectivity index (χ4n) is 3.11. The molecule has 1 aromatic carbocycles. The number of morpholine rings is 1. The molecule has 2 aliphatic rings. The van der Waals surface area contributed by atoms with Crippen LogP contribution in [0.3, 0.4) is 0 Å². The van der Waals surface area contributed by atoms with Crippen molar-refractivity contribution in [2.24, 2.45) is 5.92 Å². The minimum Gasteiger partial charge on any atom is -0.366 e. The number of hydrogen-bond donors (Lipinski definition) is 2. The van der Waals surface area contributed by atoms with Crippen LogP contribution in [0.15, 0.2) is 24.3 Å². The van der Waals surface area contributed by atoms with E-state index in [0.29, 0.717) is 30.3 Å². The van der Waals surface area contributed by atoms with Crippen molar-refractivity contribution in [2.45, 2.75) is 25.9 Å². The highest BCUT2D eigenvalue weighted by molar-refractivity contribution is 6.04. The minimum atomic E-state index is -0.516. The van der Waals surface area contributed by atoms with Crippen LogP contribution in [0.2, 0.25) is 0 Å². The largest absolute Gasteiger partial charge is 0.366 e. The van der Waals surface area contributed by atoms with E-state index >= 15 is 0 Å². The lowest BCUT2D eigenvalue weighted by Crippen LogP contribution is -2.45. The van der Waals surface area contributed by atoms with Gasteiger partial charge in [0.1, 0.15) is 6.10 Å². The summed E-state index contributed by atoms with van der Waals surface area (Å²) in [5.41, 5.74) is 1.10. The summed E-state index contributed by atoms with van der Waals surface area (Å²) in [6.07, 6.45) is 1.54. The number of rotatable bonds is 3. The predicted molar refractivity (Wildman–Crippen MR) is 92.0 cm³/mol. The molecule has 0 aromatic heterocycles. The van der Waals surface area contributed by atoms with Crippen molar-refractivity contribution in [2.75, 3.05) is 38.1 Å². The van der Waals surface area contributed by atoms with Gasteiger partial charge < -0.3 is 20.3 Å².